The van der Waals surface area contributed by atoms with E-state index in [4.69, 9.17) is 14.2 Å². The van der Waals surface area contributed by atoms with Gasteiger partial charge in [-0.05, 0) is 57.8 Å². The molecule has 0 aromatic heterocycles. The average molecular weight is 911 g/mol. The summed E-state index contributed by atoms with van der Waals surface area (Å²) in [6.45, 7) is 6.54. The van der Waals surface area contributed by atoms with Crippen molar-refractivity contribution in [2.24, 2.45) is 0 Å². The maximum absolute atomic E-state index is 12.8. The molecule has 0 aromatic rings. The van der Waals surface area contributed by atoms with Crippen molar-refractivity contribution in [1.82, 2.24) is 0 Å². The number of carbonyl (C=O) groups excluding carboxylic acids is 3. The summed E-state index contributed by atoms with van der Waals surface area (Å²) >= 11 is 0. The fourth-order valence-electron chi connectivity index (χ4n) is 8.14. The molecule has 0 aliphatic carbocycles. The van der Waals surface area contributed by atoms with Gasteiger partial charge < -0.3 is 14.2 Å². The van der Waals surface area contributed by atoms with Crippen LogP contribution in [0.5, 0.6) is 0 Å². The maximum Gasteiger partial charge on any atom is 0.306 e. The Kier molecular flexibility index (Phi) is 51.8. The predicted octanol–water partition coefficient (Wildman–Crippen LogP) is 18.7. The lowest BCUT2D eigenvalue weighted by Crippen LogP contribution is -2.30. The SMILES string of the molecule is CC/C=C\C/C=C\C/C=C\C/C=C\CCCCCC(=O)OCC(COC(=O)CCCCCCCCCCCCCCCCC)OC(=O)CCCCCCCCCCCCCCCCCC. The molecule has 0 radical (unpaired) electrons. The van der Waals surface area contributed by atoms with E-state index in [1.807, 2.05) is 0 Å². The molecule has 6 nitrogen and oxygen atoms in total. The van der Waals surface area contributed by atoms with Gasteiger partial charge in [0, 0.05) is 19.3 Å². The van der Waals surface area contributed by atoms with Crippen LogP contribution in [0.25, 0.3) is 0 Å². The van der Waals surface area contributed by atoms with Crippen LogP contribution < -0.4 is 0 Å². The van der Waals surface area contributed by atoms with E-state index in [1.54, 1.807) is 0 Å². The highest BCUT2D eigenvalue weighted by molar-refractivity contribution is 5.71. The highest BCUT2D eigenvalue weighted by Gasteiger charge is 2.19. The topological polar surface area (TPSA) is 78.9 Å². The Morgan fingerprint density at radius 2 is 0.600 bits per heavy atom. The van der Waals surface area contributed by atoms with E-state index in [2.05, 4.69) is 69.4 Å². The van der Waals surface area contributed by atoms with Crippen LogP contribution in [-0.2, 0) is 28.6 Å². The monoisotopic (exact) mass is 911 g/mol. The Labute approximate surface area is 403 Å². The maximum atomic E-state index is 12.8. The molecule has 0 saturated carbocycles. The third-order valence-electron chi connectivity index (χ3n) is 12.3. The predicted molar refractivity (Wildman–Crippen MR) is 279 cm³/mol. The Hall–Kier alpha value is -2.63. The van der Waals surface area contributed by atoms with Crippen molar-refractivity contribution in [2.45, 2.75) is 297 Å². The standard InChI is InChI=1S/C59H106O6/c1-4-7-10-13-16-19-22-25-28-31-34-37-40-43-46-49-52-58(61)64-55-56(54-63-57(60)51-48-45-42-39-36-33-30-27-24-21-18-15-12-9-6-3)65-59(62)53-50-47-44-41-38-35-32-29-26-23-20-17-14-11-8-5-2/h7,10,16,19,25,28,34,37,56H,4-6,8-9,11-15,17-18,20-24,26-27,29-33,35-36,38-55H2,1-3H3/b10-7-,19-16-,28-25-,37-34-. The number of rotatable bonds is 51. The molecule has 0 aliphatic heterocycles. The van der Waals surface area contributed by atoms with Gasteiger partial charge in [0.1, 0.15) is 13.2 Å². The summed E-state index contributed by atoms with van der Waals surface area (Å²) < 4.78 is 16.8. The number of unbranched alkanes of at least 4 members (excludes halogenated alkanes) is 32. The average Bonchev–Trinajstić information content (AvgIpc) is 3.30. The molecule has 0 heterocycles. The van der Waals surface area contributed by atoms with Crippen LogP contribution in [0.3, 0.4) is 0 Å². The third-order valence-corrected chi connectivity index (χ3v) is 12.3. The molecule has 0 aliphatic rings. The quantitative estimate of drug-likeness (QED) is 0.0262. The van der Waals surface area contributed by atoms with Crippen LogP contribution in [0.2, 0.25) is 0 Å². The van der Waals surface area contributed by atoms with Crippen LogP contribution in [-0.4, -0.2) is 37.2 Å². The summed E-state index contributed by atoms with van der Waals surface area (Å²) in [5.41, 5.74) is 0. The van der Waals surface area contributed by atoms with Gasteiger partial charge in [-0.25, -0.2) is 0 Å². The van der Waals surface area contributed by atoms with Gasteiger partial charge in [0.05, 0.1) is 0 Å². The molecule has 1 unspecified atom stereocenters. The minimum Gasteiger partial charge on any atom is -0.462 e. The molecule has 1 atom stereocenters. The number of carbonyl (C=O) groups is 3. The number of esters is 3. The Bertz CT molecular complexity index is 1140. The summed E-state index contributed by atoms with van der Waals surface area (Å²) in [5, 5.41) is 0. The fraction of sp³-hybridized carbons (Fsp3) is 0.814. The van der Waals surface area contributed by atoms with E-state index >= 15 is 0 Å². The van der Waals surface area contributed by atoms with Crippen LogP contribution in [0.15, 0.2) is 48.6 Å². The lowest BCUT2D eigenvalue weighted by molar-refractivity contribution is -0.167. The zero-order valence-electron chi connectivity index (χ0n) is 43.3. The van der Waals surface area contributed by atoms with Crippen LogP contribution in [0.1, 0.15) is 290 Å². The second-order valence-corrected chi connectivity index (χ2v) is 18.8. The zero-order chi connectivity index (χ0) is 47.2. The zero-order valence-corrected chi connectivity index (χ0v) is 43.3. The van der Waals surface area contributed by atoms with E-state index < -0.39 is 6.10 Å². The minimum absolute atomic E-state index is 0.0789. The lowest BCUT2D eigenvalue weighted by Gasteiger charge is -2.18. The van der Waals surface area contributed by atoms with Crippen LogP contribution >= 0.6 is 0 Å². The Morgan fingerprint density at radius 1 is 0.323 bits per heavy atom. The molecule has 0 spiro atoms. The van der Waals surface area contributed by atoms with Gasteiger partial charge >= 0.3 is 17.9 Å². The number of allylic oxidation sites excluding steroid dienone is 8. The summed E-state index contributed by atoms with van der Waals surface area (Å²) in [6, 6.07) is 0. The molecular formula is C59H106O6. The van der Waals surface area contributed by atoms with Gasteiger partial charge in [-0.3, -0.25) is 14.4 Å². The Morgan fingerprint density at radius 3 is 0.938 bits per heavy atom. The number of hydrogen-bond donors (Lipinski definition) is 0. The van der Waals surface area contributed by atoms with Crippen molar-refractivity contribution in [3.63, 3.8) is 0 Å². The third kappa shape index (κ3) is 52.2. The molecule has 0 fully saturated rings. The molecule has 0 amide bonds. The molecule has 0 saturated heterocycles. The first-order valence-electron chi connectivity index (χ1n) is 28.1. The van der Waals surface area contributed by atoms with Gasteiger partial charge in [0.25, 0.3) is 0 Å². The Balaban J connectivity index is 4.39. The lowest BCUT2D eigenvalue weighted by atomic mass is 10.0. The number of hydrogen-bond acceptors (Lipinski definition) is 6. The summed E-state index contributed by atoms with van der Waals surface area (Å²) in [6.07, 6.45) is 65.2. The van der Waals surface area contributed by atoms with Crippen molar-refractivity contribution in [2.75, 3.05) is 13.2 Å². The summed E-state index contributed by atoms with van der Waals surface area (Å²) in [7, 11) is 0. The van der Waals surface area contributed by atoms with Gasteiger partial charge in [0.2, 0.25) is 0 Å². The smallest absolute Gasteiger partial charge is 0.306 e. The van der Waals surface area contributed by atoms with E-state index in [9.17, 15) is 14.4 Å². The van der Waals surface area contributed by atoms with Crippen molar-refractivity contribution >= 4 is 17.9 Å². The molecule has 0 bridgehead atoms. The molecule has 0 N–H and O–H groups in total. The van der Waals surface area contributed by atoms with Crippen LogP contribution in [0.4, 0.5) is 0 Å². The highest BCUT2D eigenvalue weighted by atomic mass is 16.6. The summed E-state index contributed by atoms with van der Waals surface area (Å²) in [5.74, 6) is -0.895. The molecule has 0 rings (SSSR count). The van der Waals surface area contributed by atoms with Crippen molar-refractivity contribution in [3.8, 4) is 0 Å². The van der Waals surface area contributed by atoms with E-state index in [1.165, 1.54) is 161 Å². The van der Waals surface area contributed by atoms with Crippen molar-refractivity contribution in [1.29, 1.82) is 0 Å². The van der Waals surface area contributed by atoms with E-state index in [0.29, 0.717) is 19.3 Å². The normalized spacial score (nSPS) is 12.4. The van der Waals surface area contributed by atoms with Gasteiger partial charge in [-0.15, -0.1) is 0 Å². The second-order valence-electron chi connectivity index (χ2n) is 18.8. The van der Waals surface area contributed by atoms with Crippen molar-refractivity contribution < 1.29 is 28.6 Å². The summed E-state index contributed by atoms with van der Waals surface area (Å²) in [4.78, 5) is 38.1. The second kappa shape index (κ2) is 54.0. The molecule has 0 aromatic carbocycles. The van der Waals surface area contributed by atoms with E-state index in [0.717, 1.165) is 89.9 Å². The molecule has 6 heteroatoms. The molecule has 378 valence electrons. The van der Waals surface area contributed by atoms with Gasteiger partial charge in [-0.1, -0.05) is 262 Å². The van der Waals surface area contributed by atoms with Crippen LogP contribution in [0, 0.1) is 0 Å². The first kappa shape index (κ1) is 62.4. The molecular weight excluding hydrogens is 805 g/mol. The number of ether oxygens (including phenoxy) is 3. The minimum atomic E-state index is -0.782. The first-order chi connectivity index (χ1) is 32.0. The van der Waals surface area contributed by atoms with Gasteiger partial charge in [-0.2, -0.15) is 0 Å². The molecule has 65 heavy (non-hydrogen) atoms. The van der Waals surface area contributed by atoms with Gasteiger partial charge in [0.15, 0.2) is 6.10 Å². The highest BCUT2D eigenvalue weighted by Crippen LogP contribution is 2.17. The van der Waals surface area contributed by atoms with E-state index in [-0.39, 0.29) is 31.1 Å². The largest absolute Gasteiger partial charge is 0.462 e. The fourth-order valence-corrected chi connectivity index (χ4v) is 8.14. The first-order valence-corrected chi connectivity index (χ1v) is 28.1. The van der Waals surface area contributed by atoms with Crippen molar-refractivity contribution in [3.05, 3.63) is 48.6 Å².